The molecule has 1 unspecified atom stereocenters. The van der Waals surface area contributed by atoms with E-state index in [0.717, 1.165) is 0 Å². The highest BCUT2D eigenvalue weighted by atomic mass is 16.6. The number of para-hydroxylation sites is 2. The molecule has 2 heterocycles. The molecule has 1 N–H and O–H groups in total. The summed E-state index contributed by atoms with van der Waals surface area (Å²) >= 11 is 0. The SMILES string of the molecule is N#Cc1ccc(C(=O)NCC2COc3ccccc3O2)cn1. The van der Waals surface area contributed by atoms with E-state index >= 15 is 0 Å². The first-order valence-corrected chi connectivity index (χ1v) is 6.79. The number of pyridine rings is 1. The van der Waals surface area contributed by atoms with Crippen molar-refractivity contribution in [1.29, 1.82) is 5.26 Å². The molecule has 0 bridgehead atoms. The molecule has 0 fully saturated rings. The molecule has 22 heavy (non-hydrogen) atoms. The standard InChI is InChI=1S/C16H13N3O3/c17-7-12-6-5-11(8-18-12)16(20)19-9-13-10-21-14-3-1-2-4-15(14)22-13/h1-6,8,13H,9-10H2,(H,19,20). The Morgan fingerprint density at radius 1 is 1.32 bits per heavy atom. The first kappa shape index (κ1) is 13.9. The monoisotopic (exact) mass is 295 g/mol. The number of aromatic nitrogens is 1. The Morgan fingerprint density at radius 3 is 2.86 bits per heavy atom. The molecule has 1 aliphatic heterocycles. The Morgan fingerprint density at radius 2 is 2.14 bits per heavy atom. The minimum Gasteiger partial charge on any atom is -0.486 e. The molecule has 1 amide bonds. The molecule has 0 saturated heterocycles. The number of hydrogen-bond acceptors (Lipinski definition) is 5. The van der Waals surface area contributed by atoms with Gasteiger partial charge in [0.1, 0.15) is 24.5 Å². The van der Waals surface area contributed by atoms with Crippen LogP contribution in [-0.4, -0.2) is 30.1 Å². The first-order valence-electron chi connectivity index (χ1n) is 6.79. The van der Waals surface area contributed by atoms with Crippen LogP contribution in [0, 0.1) is 11.3 Å². The van der Waals surface area contributed by atoms with Crippen LogP contribution in [0.1, 0.15) is 16.1 Å². The number of ether oxygens (including phenoxy) is 2. The zero-order chi connectivity index (χ0) is 15.4. The summed E-state index contributed by atoms with van der Waals surface area (Å²) in [4.78, 5) is 15.9. The van der Waals surface area contributed by atoms with Crippen molar-refractivity contribution in [3.05, 3.63) is 53.9 Å². The number of carbonyl (C=O) groups is 1. The minimum absolute atomic E-state index is 0.245. The topological polar surface area (TPSA) is 84.2 Å². The minimum atomic E-state index is -0.264. The van der Waals surface area contributed by atoms with Gasteiger partial charge in [-0.05, 0) is 24.3 Å². The van der Waals surface area contributed by atoms with Crippen molar-refractivity contribution in [2.45, 2.75) is 6.10 Å². The number of amides is 1. The molecule has 0 radical (unpaired) electrons. The van der Waals surface area contributed by atoms with Crippen LogP contribution in [0.3, 0.4) is 0 Å². The summed E-state index contributed by atoms with van der Waals surface area (Å²) in [6, 6.07) is 12.4. The maximum absolute atomic E-state index is 12.0. The fraction of sp³-hybridized carbons (Fsp3) is 0.188. The second-order valence-electron chi connectivity index (χ2n) is 4.75. The molecule has 0 spiro atoms. The number of nitrogens with one attached hydrogen (secondary N) is 1. The average Bonchev–Trinajstić information content (AvgIpc) is 2.59. The number of nitriles is 1. The maximum Gasteiger partial charge on any atom is 0.252 e. The highest BCUT2D eigenvalue weighted by molar-refractivity contribution is 5.93. The van der Waals surface area contributed by atoms with Gasteiger partial charge in [0.05, 0.1) is 12.1 Å². The van der Waals surface area contributed by atoms with E-state index in [9.17, 15) is 4.79 Å². The van der Waals surface area contributed by atoms with E-state index in [1.807, 2.05) is 30.3 Å². The molecule has 110 valence electrons. The van der Waals surface area contributed by atoms with Crippen LogP contribution >= 0.6 is 0 Å². The highest BCUT2D eigenvalue weighted by Crippen LogP contribution is 2.30. The van der Waals surface area contributed by atoms with E-state index in [1.54, 1.807) is 6.07 Å². The van der Waals surface area contributed by atoms with E-state index in [1.165, 1.54) is 12.3 Å². The number of hydrogen-bond donors (Lipinski definition) is 1. The lowest BCUT2D eigenvalue weighted by Crippen LogP contribution is -2.40. The normalized spacial score (nSPS) is 15.7. The van der Waals surface area contributed by atoms with Gasteiger partial charge < -0.3 is 14.8 Å². The number of nitrogens with zero attached hydrogens (tertiary/aromatic N) is 2. The van der Waals surface area contributed by atoms with Crippen molar-refractivity contribution < 1.29 is 14.3 Å². The third-order valence-electron chi connectivity index (χ3n) is 3.20. The van der Waals surface area contributed by atoms with Gasteiger partial charge in [0, 0.05) is 6.20 Å². The molecule has 1 aliphatic rings. The lowest BCUT2D eigenvalue weighted by molar-refractivity contribution is 0.0789. The lowest BCUT2D eigenvalue weighted by Gasteiger charge is -2.26. The Labute approximate surface area is 127 Å². The summed E-state index contributed by atoms with van der Waals surface area (Å²) in [7, 11) is 0. The Hall–Kier alpha value is -3.07. The van der Waals surface area contributed by atoms with Crippen molar-refractivity contribution in [2.75, 3.05) is 13.2 Å². The Bertz CT molecular complexity index is 722. The van der Waals surface area contributed by atoms with Crippen molar-refractivity contribution >= 4 is 5.91 Å². The molecule has 1 atom stereocenters. The van der Waals surface area contributed by atoms with Crippen molar-refractivity contribution in [3.8, 4) is 17.6 Å². The van der Waals surface area contributed by atoms with Crippen LogP contribution in [0.2, 0.25) is 0 Å². The molecule has 2 aromatic rings. The molecule has 1 aromatic carbocycles. The number of carbonyl (C=O) groups excluding carboxylic acids is 1. The van der Waals surface area contributed by atoms with Gasteiger partial charge in [-0.2, -0.15) is 5.26 Å². The van der Waals surface area contributed by atoms with Gasteiger partial charge in [0.15, 0.2) is 11.5 Å². The zero-order valence-corrected chi connectivity index (χ0v) is 11.7. The molecule has 6 nitrogen and oxygen atoms in total. The van der Waals surface area contributed by atoms with Crippen molar-refractivity contribution in [2.24, 2.45) is 0 Å². The van der Waals surface area contributed by atoms with Crippen LogP contribution in [0.4, 0.5) is 0 Å². The van der Waals surface area contributed by atoms with Gasteiger partial charge in [-0.15, -0.1) is 0 Å². The van der Waals surface area contributed by atoms with E-state index in [-0.39, 0.29) is 17.7 Å². The molecule has 1 aromatic heterocycles. The Balaban J connectivity index is 1.57. The number of benzene rings is 1. The smallest absolute Gasteiger partial charge is 0.252 e. The van der Waals surface area contributed by atoms with E-state index < -0.39 is 0 Å². The molecule has 0 saturated carbocycles. The largest absolute Gasteiger partial charge is 0.486 e. The number of fused-ring (bicyclic) bond motifs is 1. The summed E-state index contributed by atoms with van der Waals surface area (Å²) in [5.74, 6) is 1.12. The van der Waals surface area contributed by atoms with Gasteiger partial charge in [0.2, 0.25) is 0 Å². The van der Waals surface area contributed by atoms with Crippen LogP contribution < -0.4 is 14.8 Å². The fourth-order valence-corrected chi connectivity index (χ4v) is 2.07. The van der Waals surface area contributed by atoms with Crippen molar-refractivity contribution in [1.82, 2.24) is 10.3 Å². The van der Waals surface area contributed by atoms with Gasteiger partial charge >= 0.3 is 0 Å². The van der Waals surface area contributed by atoms with Gasteiger partial charge in [0.25, 0.3) is 5.91 Å². The third-order valence-corrected chi connectivity index (χ3v) is 3.20. The summed E-state index contributed by atoms with van der Waals surface area (Å²) in [6.45, 7) is 0.704. The van der Waals surface area contributed by atoms with Crippen molar-refractivity contribution in [3.63, 3.8) is 0 Å². The predicted octanol–water partition coefficient (Wildman–Crippen LogP) is 1.52. The maximum atomic E-state index is 12.0. The molecule has 3 rings (SSSR count). The molecule has 0 aliphatic carbocycles. The first-order chi connectivity index (χ1) is 10.8. The number of rotatable bonds is 3. The fourth-order valence-electron chi connectivity index (χ4n) is 2.07. The quantitative estimate of drug-likeness (QED) is 0.928. The van der Waals surface area contributed by atoms with Crippen LogP contribution in [0.15, 0.2) is 42.6 Å². The van der Waals surface area contributed by atoms with E-state index in [2.05, 4.69) is 10.3 Å². The second-order valence-corrected chi connectivity index (χ2v) is 4.75. The summed E-state index contributed by atoms with van der Waals surface area (Å²) in [5.41, 5.74) is 0.674. The van der Waals surface area contributed by atoms with Crippen LogP contribution in [-0.2, 0) is 0 Å². The lowest BCUT2D eigenvalue weighted by atomic mass is 10.2. The molecular formula is C16H13N3O3. The summed E-state index contributed by atoms with van der Waals surface area (Å²) in [6.07, 6.45) is 1.13. The summed E-state index contributed by atoms with van der Waals surface area (Å²) in [5, 5.41) is 11.4. The second kappa shape index (κ2) is 6.14. The third kappa shape index (κ3) is 2.99. The zero-order valence-electron chi connectivity index (χ0n) is 11.7. The van der Waals surface area contributed by atoms with E-state index in [0.29, 0.717) is 30.2 Å². The average molecular weight is 295 g/mol. The van der Waals surface area contributed by atoms with Gasteiger partial charge in [-0.25, -0.2) is 4.98 Å². The van der Waals surface area contributed by atoms with E-state index in [4.69, 9.17) is 14.7 Å². The van der Waals surface area contributed by atoms with Gasteiger partial charge in [-0.1, -0.05) is 12.1 Å². The van der Waals surface area contributed by atoms with Gasteiger partial charge in [-0.3, -0.25) is 4.79 Å². The van der Waals surface area contributed by atoms with Crippen LogP contribution in [0.5, 0.6) is 11.5 Å². The van der Waals surface area contributed by atoms with Crippen LogP contribution in [0.25, 0.3) is 0 Å². The summed E-state index contributed by atoms with van der Waals surface area (Å²) < 4.78 is 11.3. The highest BCUT2D eigenvalue weighted by Gasteiger charge is 2.21. The Kier molecular flexibility index (Phi) is 3.88. The predicted molar refractivity (Wildman–Crippen MR) is 77.6 cm³/mol. The molecular weight excluding hydrogens is 282 g/mol. The molecule has 6 heteroatoms.